The van der Waals surface area contributed by atoms with Crippen LogP contribution in [0.4, 0.5) is 4.79 Å². The lowest BCUT2D eigenvalue weighted by Crippen LogP contribution is -2.54. The molecule has 1 atom stereocenters. The molecule has 0 radical (unpaired) electrons. The molecule has 0 saturated heterocycles. The second kappa shape index (κ2) is 7.46. The van der Waals surface area contributed by atoms with Crippen molar-refractivity contribution in [2.24, 2.45) is 0 Å². The number of fused-ring (bicyclic) bond motifs is 1. The number of benzene rings is 2. The molecule has 0 spiro atoms. The van der Waals surface area contributed by atoms with Gasteiger partial charge in [-0.3, -0.25) is 14.5 Å². The summed E-state index contributed by atoms with van der Waals surface area (Å²) in [6.45, 7) is 5.43. The average molecular weight is 380 g/mol. The minimum atomic E-state index is -1.08. The van der Waals surface area contributed by atoms with Gasteiger partial charge in [0.25, 0.3) is 11.8 Å². The summed E-state index contributed by atoms with van der Waals surface area (Å²) >= 11 is 0. The predicted molar refractivity (Wildman–Crippen MR) is 105 cm³/mol. The lowest BCUT2D eigenvalue weighted by Gasteiger charge is -2.38. The fourth-order valence-corrected chi connectivity index (χ4v) is 3.51. The lowest BCUT2D eigenvalue weighted by atomic mass is 10.0. The minimum absolute atomic E-state index is 0.0409. The van der Waals surface area contributed by atoms with Crippen LogP contribution in [0.15, 0.2) is 54.6 Å². The Labute approximate surface area is 164 Å². The number of nitrogens with zero attached hydrogens (tertiary/aromatic N) is 2. The first-order chi connectivity index (χ1) is 13.2. The first-order valence-corrected chi connectivity index (χ1v) is 9.21. The van der Waals surface area contributed by atoms with E-state index in [1.807, 2.05) is 30.3 Å². The van der Waals surface area contributed by atoms with Gasteiger partial charge >= 0.3 is 6.09 Å². The summed E-state index contributed by atoms with van der Waals surface area (Å²) in [5.41, 5.74) is 0.995. The summed E-state index contributed by atoms with van der Waals surface area (Å²) in [5, 5.41) is 9.71. The predicted octanol–water partition coefficient (Wildman–Crippen LogP) is 3.67. The highest BCUT2D eigenvalue weighted by Gasteiger charge is 2.42. The van der Waals surface area contributed by atoms with Crippen molar-refractivity contribution in [1.82, 2.24) is 9.80 Å². The molecular formula is C22H24N2O4. The smallest absolute Gasteiger partial charge is 0.407 e. The van der Waals surface area contributed by atoms with Crippen LogP contribution >= 0.6 is 0 Å². The van der Waals surface area contributed by atoms with Crippen molar-refractivity contribution < 1.29 is 19.5 Å². The number of carboxylic acid groups (broad SMARTS) is 1. The molecule has 28 heavy (non-hydrogen) atoms. The van der Waals surface area contributed by atoms with Crippen molar-refractivity contribution >= 4 is 17.9 Å². The number of carbonyl (C=O) groups excluding carboxylic acids is 2. The van der Waals surface area contributed by atoms with E-state index in [1.165, 1.54) is 9.80 Å². The zero-order valence-corrected chi connectivity index (χ0v) is 16.3. The van der Waals surface area contributed by atoms with E-state index in [4.69, 9.17) is 0 Å². The van der Waals surface area contributed by atoms with Crippen LogP contribution in [0.25, 0.3) is 0 Å². The zero-order chi connectivity index (χ0) is 20.5. The molecule has 3 rings (SSSR count). The van der Waals surface area contributed by atoms with Gasteiger partial charge in [0, 0.05) is 12.1 Å². The Morgan fingerprint density at radius 3 is 1.93 bits per heavy atom. The van der Waals surface area contributed by atoms with Crippen LogP contribution < -0.4 is 0 Å². The number of imide groups is 1. The molecule has 3 amide bonds. The van der Waals surface area contributed by atoms with E-state index in [0.29, 0.717) is 17.5 Å². The number of rotatable bonds is 5. The minimum Gasteiger partial charge on any atom is -0.465 e. The quantitative estimate of drug-likeness (QED) is 0.803. The fourth-order valence-electron chi connectivity index (χ4n) is 3.51. The van der Waals surface area contributed by atoms with E-state index in [1.54, 1.807) is 45.0 Å². The highest BCUT2D eigenvalue weighted by molar-refractivity contribution is 6.21. The summed E-state index contributed by atoms with van der Waals surface area (Å²) in [7, 11) is 0. The second-order valence-electron chi connectivity index (χ2n) is 7.93. The van der Waals surface area contributed by atoms with Crippen LogP contribution in [0, 0.1) is 0 Å². The van der Waals surface area contributed by atoms with E-state index in [9.17, 15) is 19.5 Å². The van der Waals surface area contributed by atoms with Crippen LogP contribution in [0.2, 0.25) is 0 Å². The van der Waals surface area contributed by atoms with Gasteiger partial charge in [0.05, 0.1) is 17.2 Å². The number of carbonyl (C=O) groups is 3. The molecule has 0 aliphatic carbocycles. The van der Waals surface area contributed by atoms with Crippen molar-refractivity contribution in [3.8, 4) is 0 Å². The van der Waals surface area contributed by atoms with Crippen LogP contribution in [0.3, 0.4) is 0 Å². The second-order valence-corrected chi connectivity index (χ2v) is 7.93. The van der Waals surface area contributed by atoms with Gasteiger partial charge in [-0.2, -0.15) is 0 Å². The maximum absolute atomic E-state index is 13.0. The van der Waals surface area contributed by atoms with E-state index >= 15 is 0 Å². The molecule has 0 bridgehead atoms. The van der Waals surface area contributed by atoms with Gasteiger partial charge in [0.1, 0.15) is 0 Å². The number of hydrogen-bond acceptors (Lipinski definition) is 3. The highest BCUT2D eigenvalue weighted by atomic mass is 16.4. The molecule has 1 aliphatic rings. The molecule has 0 saturated carbocycles. The summed E-state index contributed by atoms with van der Waals surface area (Å²) in [6, 6.07) is 15.6. The molecule has 1 unspecified atom stereocenters. The first kappa shape index (κ1) is 19.6. The Morgan fingerprint density at radius 1 is 0.964 bits per heavy atom. The molecule has 2 aromatic carbocycles. The van der Waals surface area contributed by atoms with Crippen molar-refractivity contribution in [2.45, 2.75) is 38.8 Å². The molecule has 6 heteroatoms. The van der Waals surface area contributed by atoms with E-state index in [-0.39, 0.29) is 18.4 Å². The van der Waals surface area contributed by atoms with Gasteiger partial charge in [-0.25, -0.2) is 4.79 Å². The topological polar surface area (TPSA) is 77.9 Å². The van der Waals surface area contributed by atoms with Crippen LogP contribution in [-0.2, 0) is 6.42 Å². The Kier molecular flexibility index (Phi) is 5.23. The van der Waals surface area contributed by atoms with Gasteiger partial charge in [0.15, 0.2) is 0 Å². The first-order valence-electron chi connectivity index (χ1n) is 9.21. The van der Waals surface area contributed by atoms with Gasteiger partial charge in [-0.15, -0.1) is 0 Å². The van der Waals surface area contributed by atoms with Crippen molar-refractivity contribution in [2.75, 3.05) is 6.54 Å². The Hall–Kier alpha value is -3.15. The molecule has 1 heterocycles. The lowest BCUT2D eigenvalue weighted by molar-refractivity contribution is 0.0459. The third-order valence-electron chi connectivity index (χ3n) is 4.94. The summed E-state index contributed by atoms with van der Waals surface area (Å²) in [4.78, 5) is 40.3. The van der Waals surface area contributed by atoms with Gasteiger partial charge in [-0.1, -0.05) is 42.5 Å². The summed E-state index contributed by atoms with van der Waals surface area (Å²) in [5.74, 6) is -0.749. The molecule has 2 aromatic rings. The molecule has 0 fully saturated rings. The molecule has 146 valence electrons. The monoisotopic (exact) mass is 380 g/mol. The highest BCUT2D eigenvalue weighted by Crippen LogP contribution is 2.27. The van der Waals surface area contributed by atoms with Gasteiger partial charge < -0.3 is 10.0 Å². The van der Waals surface area contributed by atoms with Gasteiger partial charge in [0.2, 0.25) is 0 Å². The van der Waals surface area contributed by atoms with Crippen LogP contribution in [0.5, 0.6) is 0 Å². The standard InChI is InChI=1S/C22H24N2O4/c1-22(2,3)23(21(27)28)14-16(13-15-9-5-4-6-10-15)24-19(25)17-11-7-8-12-18(17)20(24)26/h4-12,16H,13-14H2,1-3H3,(H,27,28). The van der Waals surface area contributed by atoms with Crippen molar-refractivity contribution in [1.29, 1.82) is 0 Å². The van der Waals surface area contributed by atoms with Crippen LogP contribution in [0.1, 0.15) is 47.1 Å². The van der Waals surface area contributed by atoms with E-state index in [0.717, 1.165) is 5.56 Å². The van der Waals surface area contributed by atoms with Crippen LogP contribution in [-0.4, -0.2) is 50.9 Å². The molecule has 0 aromatic heterocycles. The molecule has 1 N–H and O–H groups in total. The Bertz CT molecular complexity index is 867. The zero-order valence-electron chi connectivity index (χ0n) is 16.3. The number of amides is 3. The van der Waals surface area contributed by atoms with E-state index < -0.39 is 17.7 Å². The largest absolute Gasteiger partial charge is 0.465 e. The number of hydrogen-bond donors (Lipinski definition) is 1. The average Bonchev–Trinajstić information content (AvgIpc) is 2.89. The molecule has 6 nitrogen and oxygen atoms in total. The normalized spacial score (nSPS) is 14.8. The third kappa shape index (κ3) is 3.76. The van der Waals surface area contributed by atoms with Gasteiger partial charge in [-0.05, 0) is 44.9 Å². The third-order valence-corrected chi connectivity index (χ3v) is 4.94. The van der Waals surface area contributed by atoms with Crippen molar-refractivity contribution in [3.63, 3.8) is 0 Å². The molecule has 1 aliphatic heterocycles. The maximum atomic E-state index is 13.0. The maximum Gasteiger partial charge on any atom is 0.407 e. The summed E-state index contributed by atoms with van der Waals surface area (Å²) in [6.07, 6.45) is -0.700. The fraction of sp³-hybridized carbons (Fsp3) is 0.318. The Balaban J connectivity index is 1.98. The van der Waals surface area contributed by atoms with Crippen molar-refractivity contribution in [3.05, 3.63) is 71.3 Å². The SMILES string of the molecule is CC(C)(C)N(CC(Cc1ccccc1)N1C(=O)c2ccccc2C1=O)C(=O)O. The summed E-state index contributed by atoms with van der Waals surface area (Å²) < 4.78 is 0. The van der Waals surface area contributed by atoms with E-state index in [2.05, 4.69) is 0 Å². The Morgan fingerprint density at radius 2 is 1.46 bits per heavy atom. The molecular weight excluding hydrogens is 356 g/mol.